The smallest absolute Gasteiger partial charge is 0.208 e. The minimum atomic E-state index is 0.788. The van der Waals surface area contributed by atoms with Gasteiger partial charge in [0.05, 0.1) is 0 Å². The van der Waals surface area contributed by atoms with Crippen molar-refractivity contribution in [3.63, 3.8) is 0 Å². The SMILES string of the molecule is CCCCCSc1n[nH]c(-c2cccnc2)n1. The largest absolute Gasteiger partial charge is 0.264 e. The van der Waals surface area contributed by atoms with Crippen molar-refractivity contribution in [3.05, 3.63) is 24.5 Å². The first-order valence-corrected chi connectivity index (χ1v) is 6.84. The second-order valence-electron chi connectivity index (χ2n) is 3.76. The van der Waals surface area contributed by atoms with Crippen LogP contribution in [0.25, 0.3) is 11.4 Å². The molecular weight excluding hydrogens is 232 g/mol. The average Bonchev–Trinajstić information content (AvgIpc) is 2.85. The molecule has 0 atom stereocenters. The lowest BCUT2D eigenvalue weighted by atomic mass is 10.3. The molecule has 0 amide bonds. The summed E-state index contributed by atoms with van der Waals surface area (Å²) in [4.78, 5) is 8.50. The molecule has 4 nitrogen and oxygen atoms in total. The molecule has 1 N–H and O–H groups in total. The molecule has 5 heteroatoms. The Morgan fingerprint density at radius 2 is 2.29 bits per heavy atom. The summed E-state index contributed by atoms with van der Waals surface area (Å²) >= 11 is 1.70. The van der Waals surface area contributed by atoms with Crippen LogP contribution in [-0.4, -0.2) is 25.9 Å². The Morgan fingerprint density at radius 1 is 1.35 bits per heavy atom. The highest BCUT2D eigenvalue weighted by atomic mass is 32.2. The lowest BCUT2D eigenvalue weighted by Crippen LogP contribution is -1.82. The third-order valence-corrected chi connectivity index (χ3v) is 3.31. The summed E-state index contributed by atoms with van der Waals surface area (Å²) in [6, 6.07) is 3.87. The summed E-state index contributed by atoms with van der Waals surface area (Å²) in [6.45, 7) is 2.21. The highest BCUT2D eigenvalue weighted by Crippen LogP contribution is 2.19. The molecule has 0 radical (unpaired) electrons. The molecule has 0 bridgehead atoms. The number of aromatic amines is 1. The number of nitrogens with one attached hydrogen (secondary N) is 1. The van der Waals surface area contributed by atoms with E-state index in [4.69, 9.17) is 0 Å². The first kappa shape index (κ1) is 12.1. The first-order chi connectivity index (χ1) is 8.40. The van der Waals surface area contributed by atoms with Gasteiger partial charge in [0.2, 0.25) is 5.16 Å². The van der Waals surface area contributed by atoms with Crippen LogP contribution in [-0.2, 0) is 0 Å². The average molecular weight is 248 g/mol. The summed E-state index contributed by atoms with van der Waals surface area (Å²) in [5, 5.41) is 7.95. The molecule has 2 heterocycles. The molecule has 2 aromatic rings. The molecule has 0 aromatic carbocycles. The Balaban J connectivity index is 1.92. The van der Waals surface area contributed by atoms with Crippen LogP contribution in [0.1, 0.15) is 26.2 Å². The molecule has 17 heavy (non-hydrogen) atoms. The van der Waals surface area contributed by atoms with Crippen LogP contribution in [0.3, 0.4) is 0 Å². The molecule has 0 saturated heterocycles. The van der Waals surface area contributed by atoms with Crippen molar-refractivity contribution < 1.29 is 0 Å². The number of rotatable bonds is 6. The summed E-state index contributed by atoms with van der Waals surface area (Å²) in [6.07, 6.45) is 7.27. The van der Waals surface area contributed by atoms with Crippen molar-refractivity contribution in [2.24, 2.45) is 0 Å². The van der Waals surface area contributed by atoms with Gasteiger partial charge >= 0.3 is 0 Å². The van der Waals surface area contributed by atoms with Crippen molar-refractivity contribution in [2.45, 2.75) is 31.3 Å². The third-order valence-electron chi connectivity index (χ3n) is 2.38. The fraction of sp³-hybridized carbons (Fsp3) is 0.417. The van der Waals surface area contributed by atoms with Gasteiger partial charge in [-0.3, -0.25) is 10.1 Å². The summed E-state index contributed by atoms with van der Waals surface area (Å²) < 4.78 is 0. The number of pyridine rings is 1. The number of hydrogen-bond donors (Lipinski definition) is 1. The molecule has 90 valence electrons. The predicted octanol–water partition coefficient (Wildman–Crippen LogP) is 3.15. The van der Waals surface area contributed by atoms with Gasteiger partial charge in [-0.15, -0.1) is 5.10 Å². The van der Waals surface area contributed by atoms with E-state index >= 15 is 0 Å². The maximum absolute atomic E-state index is 4.43. The Kier molecular flexibility index (Phi) is 4.55. The van der Waals surface area contributed by atoms with Crippen molar-refractivity contribution in [3.8, 4) is 11.4 Å². The van der Waals surface area contributed by atoms with Gasteiger partial charge in [-0.1, -0.05) is 31.5 Å². The van der Waals surface area contributed by atoms with Crippen LogP contribution in [0, 0.1) is 0 Å². The first-order valence-electron chi connectivity index (χ1n) is 5.85. The minimum absolute atomic E-state index is 0.788. The number of thioether (sulfide) groups is 1. The molecule has 2 aromatic heterocycles. The summed E-state index contributed by atoms with van der Waals surface area (Å²) in [5.41, 5.74) is 0.973. The van der Waals surface area contributed by atoms with Gasteiger partial charge in [-0.25, -0.2) is 4.98 Å². The van der Waals surface area contributed by atoms with Gasteiger partial charge in [0.25, 0.3) is 0 Å². The van der Waals surface area contributed by atoms with Crippen LogP contribution in [0.2, 0.25) is 0 Å². The topological polar surface area (TPSA) is 54.5 Å². The van der Waals surface area contributed by atoms with E-state index in [-0.39, 0.29) is 0 Å². The maximum atomic E-state index is 4.43. The van der Waals surface area contributed by atoms with Crippen LogP contribution in [0.15, 0.2) is 29.7 Å². The zero-order valence-electron chi connectivity index (χ0n) is 9.89. The molecule has 0 aliphatic rings. The zero-order chi connectivity index (χ0) is 11.9. The quantitative estimate of drug-likeness (QED) is 0.630. The van der Waals surface area contributed by atoms with Crippen LogP contribution >= 0.6 is 11.8 Å². The van der Waals surface area contributed by atoms with Crippen LogP contribution < -0.4 is 0 Å². The summed E-state index contributed by atoms with van der Waals surface area (Å²) in [5.74, 6) is 1.87. The van der Waals surface area contributed by atoms with E-state index in [0.717, 1.165) is 22.3 Å². The molecule has 0 fully saturated rings. The highest BCUT2D eigenvalue weighted by Gasteiger charge is 2.05. The van der Waals surface area contributed by atoms with Crippen LogP contribution in [0.5, 0.6) is 0 Å². The van der Waals surface area contributed by atoms with Gasteiger partial charge in [-0.05, 0) is 18.6 Å². The minimum Gasteiger partial charge on any atom is -0.264 e. The number of unbranched alkanes of at least 4 members (excludes halogenated alkanes) is 2. The number of hydrogen-bond acceptors (Lipinski definition) is 4. The Labute approximate surface area is 105 Å². The van der Waals surface area contributed by atoms with E-state index in [1.807, 2.05) is 12.1 Å². The molecular formula is C12H16N4S. The van der Waals surface area contributed by atoms with Gasteiger partial charge in [-0.2, -0.15) is 0 Å². The molecule has 0 aliphatic heterocycles. The number of H-pyrrole nitrogens is 1. The van der Waals surface area contributed by atoms with E-state index in [1.165, 1.54) is 19.3 Å². The van der Waals surface area contributed by atoms with Gasteiger partial charge in [0, 0.05) is 23.7 Å². The standard InChI is InChI=1S/C12H16N4S/c1-2-3-4-8-17-12-14-11(15-16-12)10-6-5-7-13-9-10/h5-7,9H,2-4,8H2,1H3,(H,14,15,16). The van der Waals surface area contributed by atoms with Crippen molar-refractivity contribution in [2.75, 3.05) is 5.75 Å². The van der Waals surface area contributed by atoms with Gasteiger partial charge in [0.15, 0.2) is 5.82 Å². The predicted molar refractivity (Wildman–Crippen MR) is 69.9 cm³/mol. The third kappa shape index (κ3) is 3.56. The zero-order valence-corrected chi connectivity index (χ0v) is 10.7. The van der Waals surface area contributed by atoms with Crippen molar-refractivity contribution in [1.82, 2.24) is 20.2 Å². The number of nitrogens with zero attached hydrogens (tertiary/aromatic N) is 3. The second-order valence-corrected chi connectivity index (χ2v) is 4.83. The lowest BCUT2D eigenvalue weighted by Gasteiger charge is -1.94. The Hall–Kier alpha value is -1.36. The fourth-order valence-electron chi connectivity index (χ4n) is 1.46. The molecule has 0 saturated carbocycles. The molecule has 0 spiro atoms. The van der Waals surface area contributed by atoms with Crippen LogP contribution in [0.4, 0.5) is 0 Å². The van der Waals surface area contributed by atoms with Gasteiger partial charge in [0.1, 0.15) is 0 Å². The van der Waals surface area contributed by atoms with Gasteiger partial charge < -0.3 is 0 Å². The second kappa shape index (κ2) is 6.39. The molecule has 0 aliphatic carbocycles. The Morgan fingerprint density at radius 3 is 3.06 bits per heavy atom. The fourth-order valence-corrected chi connectivity index (χ4v) is 2.26. The lowest BCUT2D eigenvalue weighted by molar-refractivity contribution is 0.777. The molecule has 0 unspecified atom stereocenters. The Bertz CT molecular complexity index is 441. The highest BCUT2D eigenvalue weighted by molar-refractivity contribution is 7.99. The van der Waals surface area contributed by atoms with E-state index in [9.17, 15) is 0 Å². The van der Waals surface area contributed by atoms with E-state index < -0.39 is 0 Å². The van der Waals surface area contributed by atoms with E-state index in [2.05, 4.69) is 27.1 Å². The van der Waals surface area contributed by atoms with E-state index in [0.29, 0.717) is 0 Å². The number of aromatic nitrogens is 4. The summed E-state index contributed by atoms with van der Waals surface area (Å²) in [7, 11) is 0. The van der Waals surface area contributed by atoms with E-state index in [1.54, 1.807) is 24.2 Å². The normalized spacial score (nSPS) is 10.6. The van der Waals surface area contributed by atoms with Crippen molar-refractivity contribution in [1.29, 1.82) is 0 Å². The maximum Gasteiger partial charge on any atom is 0.208 e. The monoisotopic (exact) mass is 248 g/mol. The molecule has 2 rings (SSSR count). The van der Waals surface area contributed by atoms with Crippen molar-refractivity contribution >= 4 is 11.8 Å².